The Morgan fingerprint density at radius 3 is 1.54 bits per heavy atom. The second-order valence-electron chi connectivity index (χ2n) is 5.17. The van der Waals surface area contributed by atoms with Crippen LogP contribution in [0.4, 0.5) is 0 Å². The van der Waals surface area contributed by atoms with Crippen LogP contribution < -0.4 is 0 Å². The molecule has 2 rings (SSSR count). The lowest BCUT2D eigenvalue weighted by atomic mass is 10.2. The first-order valence-corrected chi connectivity index (χ1v) is 8.21. The molecule has 2 aromatic rings. The minimum Gasteiger partial charge on any atom is -0.466 e. The summed E-state index contributed by atoms with van der Waals surface area (Å²) in [6.07, 6.45) is 2.05. The van der Waals surface area contributed by atoms with Crippen molar-refractivity contribution in [3.63, 3.8) is 0 Å². The number of esters is 1. The van der Waals surface area contributed by atoms with Crippen molar-refractivity contribution < 1.29 is 28.9 Å². The van der Waals surface area contributed by atoms with Gasteiger partial charge in [-0.1, -0.05) is 49.7 Å². The molecule has 0 spiro atoms. The first-order chi connectivity index (χ1) is 12.5. The second kappa shape index (κ2) is 12.2. The average Bonchev–Trinajstić information content (AvgIpc) is 2.67. The summed E-state index contributed by atoms with van der Waals surface area (Å²) in [5, 5.41) is 0. The number of carbonyl (C=O) groups excluding carboxylic acids is 3. The minimum atomic E-state index is -0.708. The maximum atomic E-state index is 11.5. The molecule has 0 atom stereocenters. The Morgan fingerprint density at radius 1 is 0.769 bits per heavy atom. The molecular weight excluding hydrogens is 336 g/mol. The Labute approximate surface area is 152 Å². The molecule has 0 amide bonds. The molecule has 2 aromatic carbocycles. The van der Waals surface area contributed by atoms with Crippen LogP contribution in [0.1, 0.15) is 47.4 Å². The fraction of sp³-hybridized carbons (Fsp3) is 0.250. The largest absolute Gasteiger partial charge is 0.466 e. The Bertz CT molecular complexity index is 630. The van der Waals surface area contributed by atoms with Crippen molar-refractivity contribution in [1.82, 2.24) is 0 Å². The normalized spacial score (nSPS) is 9.31. The number of rotatable bonds is 5. The summed E-state index contributed by atoms with van der Waals surface area (Å²) in [7, 11) is 0. The highest BCUT2D eigenvalue weighted by atomic mass is 17.2. The molecular formula is C20H22O6. The molecule has 0 heterocycles. The number of hydrogen-bond donors (Lipinski definition) is 0. The Morgan fingerprint density at radius 2 is 1.19 bits per heavy atom. The van der Waals surface area contributed by atoms with Gasteiger partial charge in [0.15, 0.2) is 0 Å². The van der Waals surface area contributed by atoms with Gasteiger partial charge in [-0.2, -0.15) is 0 Å². The highest BCUT2D eigenvalue weighted by Gasteiger charge is 2.12. The molecule has 0 unspecified atom stereocenters. The lowest BCUT2D eigenvalue weighted by Gasteiger charge is -2.02. The lowest BCUT2D eigenvalue weighted by Crippen LogP contribution is -2.11. The molecule has 0 N–H and O–H groups in total. The van der Waals surface area contributed by atoms with Gasteiger partial charge in [-0.3, -0.25) is 4.79 Å². The summed E-state index contributed by atoms with van der Waals surface area (Å²) in [6, 6.07) is 16.6. The predicted octanol–water partition coefficient (Wildman–Crippen LogP) is 3.97. The van der Waals surface area contributed by atoms with Crippen LogP contribution in [-0.2, 0) is 19.3 Å². The SMILES string of the molecule is CCCCOC(C)=O.O=C(OOC(=O)c1ccccc1)c1ccccc1. The van der Waals surface area contributed by atoms with Crippen LogP contribution >= 0.6 is 0 Å². The van der Waals surface area contributed by atoms with Gasteiger partial charge in [0.05, 0.1) is 17.7 Å². The minimum absolute atomic E-state index is 0.182. The van der Waals surface area contributed by atoms with Crippen LogP contribution in [0.15, 0.2) is 60.7 Å². The first-order valence-electron chi connectivity index (χ1n) is 8.21. The number of benzene rings is 2. The van der Waals surface area contributed by atoms with Crippen molar-refractivity contribution in [2.24, 2.45) is 0 Å². The third-order valence-corrected chi connectivity index (χ3v) is 3.02. The van der Waals surface area contributed by atoms with E-state index in [0.717, 1.165) is 12.8 Å². The van der Waals surface area contributed by atoms with Gasteiger partial charge in [0, 0.05) is 6.92 Å². The fourth-order valence-corrected chi connectivity index (χ4v) is 1.68. The number of carbonyl (C=O) groups is 3. The summed E-state index contributed by atoms with van der Waals surface area (Å²) in [5.74, 6) is -1.60. The van der Waals surface area contributed by atoms with Gasteiger partial charge in [-0.25, -0.2) is 19.4 Å². The van der Waals surface area contributed by atoms with E-state index in [1.165, 1.54) is 6.92 Å². The van der Waals surface area contributed by atoms with Gasteiger partial charge in [0.1, 0.15) is 0 Å². The molecule has 26 heavy (non-hydrogen) atoms. The smallest absolute Gasteiger partial charge is 0.386 e. The van der Waals surface area contributed by atoms with Crippen molar-refractivity contribution in [3.05, 3.63) is 71.8 Å². The highest BCUT2D eigenvalue weighted by molar-refractivity contribution is 5.92. The topological polar surface area (TPSA) is 78.9 Å². The summed E-state index contributed by atoms with van der Waals surface area (Å²) < 4.78 is 4.64. The number of hydrogen-bond acceptors (Lipinski definition) is 6. The third kappa shape index (κ3) is 8.63. The lowest BCUT2D eigenvalue weighted by molar-refractivity contribution is -0.187. The molecule has 0 saturated carbocycles. The summed E-state index contributed by atoms with van der Waals surface area (Å²) in [5.41, 5.74) is 0.636. The zero-order valence-corrected chi connectivity index (χ0v) is 14.8. The first kappa shape index (κ1) is 20.9. The molecule has 0 radical (unpaired) electrons. The van der Waals surface area contributed by atoms with E-state index in [4.69, 9.17) is 0 Å². The number of unbranched alkanes of at least 4 members (excludes halogenated alkanes) is 1. The van der Waals surface area contributed by atoms with Gasteiger partial charge < -0.3 is 4.74 Å². The van der Waals surface area contributed by atoms with Crippen LogP contribution in [0, 0.1) is 0 Å². The predicted molar refractivity (Wildman–Crippen MR) is 95.3 cm³/mol. The maximum Gasteiger partial charge on any atom is 0.386 e. The van der Waals surface area contributed by atoms with Crippen molar-refractivity contribution in [3.8, 4) is 0 Å². The Kier molecular flexibility index (Phi) is 9.84. The van der Waals surface area contributed by atoms with Gasteiger partial charge in [-0.15, -0.1) is 0 Å². The van der Waals surface area contributed by atoms with Gasteiger partial charge in [0.25, 0.3) is 0 Å². The zero-order chi connectivity index (χ0) is 19.2. The third-order valence-electron chi connectivity index (χ3n) is 3.02. The quantitative estimate of drug-likeness (QED) is 0.348. The van der Waals surface area contributed by atoms with E-state index in [1.54, 1.807) is 60.7 Å². The highest BCUT2D eigenvalue weighted by Crippen LogP contribution is 2.05. The van der Waals surface area contributed by atoms with E-state index in [0.29, 0.717) is 17.7 Å². The summed E-state index contributed by atoms with van der Waals surface area (Å²) in [6.45, 7) is 4.06. The van der Waals surface area contributed by atoms with Crippen molar-refractivity contribution in [2.75, 3.05) is 6.61 Å². The van der Waals surface area contributed by atoms with Crippen LogP contribution in [0.5, 0.6) is 0 Å². The van der Waals surface area contributed by atoms with Crippen LogP contribution in [0.2, 0.25) is 0 Å². The second-order valence-corrected chi connectivity index (χ2v) is 5.17. The van der Waals surface area contributed by atoms with Gasteiger partial charge >= 0.3 is 17.9 Å². The summed E-state index contributed by atoms with van der Waals surface area (Å²) >= 11 is 0. The van der Waals surface area contributed by atoms with Crippen molar-refractivity contribution in [1.29, 1.82) is 0 Å². The van der Waals surface area contributed by atoms with E-state index >= 15 is 0 Å². The van der Waals surface area contributed by atoms with E-state index in [1.807, 2.05) is 0 Å². The standard InChI is InChI=1S/C14H10O4.C6H12O2/c15-13(11-7-3-1-4-8-11)17-18-14(16)12-9-5-2-6-10-12;1-3-4-5-8-6(2)7/h1-10H;3-5H2,1-2H3. The average molecular weight is 358 g/mol. The maximum absolute atomic E-state index is 11.5. The van der Waals surface area contributed by atoms with Gasteiger partial charge in [-0.05, 0) is 30.7 Å². The van der Waals surface area contributed by atoms with Crippen molar-refractivity contribution >= 4 is 17.9 Å². The molecule has 0 fully saturated rings. The molecule has 0 bridgehead atoms. The Balaban J connectivity index is 0.000000359. The van der Waals surface area contributed by atoms with E-state index in [2.05, 4.69) is 21.4 Å². The number of ether oxygens (including phenoxy) is 1. The molecule has 6 nitrogen and oxygen atoms in total. The van der Waals surface area contributed by atoms with Gasteiger partial charge in [0.2, 0.25) is 0 Å². The molecule has 138 valence electrons. The zero-order valence-electron chi connectivity index (χ0n) is 14.8. The molecule has 6 heteroatoms. The molecule has 0 aliphatic carbocycles. The van der Waals surface area contributed by atoms with Crippen molar-refractivity contribution in [2.45, 2.75) is 26.7 Å². The fourth-order valence-electron chi connectivity index (χ4n) is 1.68. The van der Waals surface area contributed by atoms with Crippen LogP contribution in [0.25, 0.3) is 0 Å². The molecule has 0 aliphatic rings. The van der Waals surface area contributed by atoms with E-state index in [-0.39, 0.29) is 5.97 Å². The molecule has 0 aromatic heterocycles. The van der Waals surface area contributed by atoms with Crippen LogP contribution in [0.3, 0.4) is 0 Å². The van der Waals surface area contributed by atoms with E-state index < -0.39 is 11.9 Å². The summed E-state index contributed by atoms with van der Waals surface area (Å²) in [4.78, 5) is 42.0. The van der Waals surface area contributed by atoms with Crippen LogP contribution in [-0.4, -0.2) is 24.5 Å². The van der Waals surface area contributed by atoms with E-state index in [9.17, 15) is 14.4 Å². The molecule has 0 saturated heterocycles. The monoisotopic (exact) mass is 358 g/mol. The Hall–Kier alpha value is -3.15. The molecule has 0 aliphatic heterocycles.